The van der Waals surface area contributed by atoms with E-state index in [1.54, 1.807) is 4.52 Å². The number of hydrogen-bond acceptors (Lipinski definition) is 6. The highest BCUT2D eigenvalue weighted by Gasteiger charge is 2.65. The van der Waals surface area contributed by atoms with Crippen molar-refractivity contribution in [2.75, 3.05) is 18.1 Å². The molecule has 2 fully saturated rings. The molecule has 3 atom stereocenters. The number of ether oxygens (including phenoxy) is 1. The second-order valence-electron chi connectivity index (χ2n) is 8.18. The highest BCUT2D eigenvalue weighted by atomic mass is 19.1. The number of imidazole rings is 1. The number of nitrogens with one attached hydrogen (secondary N) is 1. The Balaban J connectivity index is 1.64. The van der Waals surface area contributed by atoms with Crippen LogP contribution in [0.1, 0.15) is 37.2 Å². The summed E-state index contributed by atoms with van der Waals surface area (Å²) in [6.07, 6.45) is 4.57. The van der Waals surface area contributed by atoms with Gasteiger partial charge in [-0.2, -0.15) is 0 Å². The minimum absolute atomic E-state index is 0.177. The van der Waals surface area contributed by atoms with Gasteiger partial charge in [0.05, 0.1) is 24.0 Å². The van der Waals surface area contributed by atoms with E-state index in [9.17, 15) is 9.18 Å². The van der Waals surface area contributed by atoms with Crippen LogP contribution in [-0.4, -0.2) is 51.1 Å². The topological polar surface area (TPSA) is 84.1 Å². The molecule has 2 bridgehead atoms. The lowest BCUT2D eigenvalue weighted by molar-refractivity contribution is 0.0917. The Bertz CT molecular complexity index is 1120. The van der Waals surface area contributed by atoms with Crippen LogP contribution >= 0.6 is 0 Å². The number of anilines is 1. The predicted octanol–water partition coefficient (Wildman–Crippen LogP) is 2.63. The number of fused-ring (bicyclic) bond motifs is 2. The molecule has 30 heavy (non-hydrogen) atoms. The van der Waals surface area contributed by atoms with Crippen LogP contribution in [0.15, 0.2) is 47.5 Å². The van der Waals surface area contributed by atoms with E-state index in [4.69, 9.17) is 9.84 Å². The van der Waals surface area contributed by atoms with E-state index in [1.165, 1.54) is 13.1 Å². The van der Waals surface area contributed by atoms with Gasteiger partial charge in [-0.1, -0.05) is 6.58 Å². The molecule has 0 radical (unpaired) electrons. The molecule has 1 spiro atoms. The molecule has 3 aliphatic rings. The van der Waals surface area contributed by atoms with Gasteiger partial charge in [0.1, 0.15) is 18.3 Å². The fraction of sp³-hybridized carbons (Fsp3) is 0.429. The van der Waals surface area contributed by atoms with Crippen LogP contribution in [0.5, 0.6) is 0 Å². The molecule has 1 aliphatic carbocycles. The number of aliphatic imine (C=N–C) groups is 1. The first-order valence-electron chi connectivity index (χ1n) is 10.1. The molecule has 2 aromatic heterocycles. The zero-order valence-corrected chi connectivity index (χ0v) is 16.9. The van der Waals surface area contributed by atoms with Gasteiger partial charge in [-0.15, -0.1) is 5.10 Å². The minimum Gasteiger partial charge on any atom is -0.475 e. The summed E-state index contributed by atoms with van der Waals surface area (Å²) in [5, 5.41) is 7.62. The average Bonchev–Trinajstić information content (AvgIpc) is 3.10. The first-order valence-corrected chi connectivity index (χ1v) is 10.1. The number of halogens is 1. The Hall–Kier alpha value is -3.23. The number of carbonyl (C=O) groups excluding carboxylic acids is 1. The number of hydrogen-bond donors (Lipinski definition) is 1. The first kappa shape index (κ1) is 18.8. The largest absolute Gasteiger partial charge is 0.475 e. The van der Waals surface area contributed by atoms with E-state index >= 15 is 0 Å². The third-order valence-corrected chi connectivity index (χ3v) is 6.10. The second kappa shape index (κ2) is 6.65. The molecule has 9 heteroatoms. The van der Waals surface area contributed by atoms with Crippen LogP contribution in [0.3, 0.4) is 0 Å². The molecular formula is C21H23FN6O2. The normalized spacial score (nSPS) is 30.3. The summed E-state index contributed by atoms with van der Waals surface area (Å²) in [5.74, 6) is 0.731. The number of piperidine rings is 1. The fourth-order valence-electron chi connectivity index (χ4n) is 4.56. The highest BCUT2D eigenvalue weighted by Crippen LogP contribution is 2.60. The van der Waals surface area contributed by atoms with Crippen LogP contribution < -0.4 is 10.2 Å². The smallest absolute Gasteiger partial charge is 0.271 e. The molecule has 1 amide bonds. The van der Waals surface area contributed by atoms with Crippen LogP contribution in [0.4, 0.5) is 10.2 Å². The summed E-state index contributed by atoms with van der Waals surface area (Å²) in [6.45, 7) is 8.45. The molecule has 5 rings (SSSR count). The van der Waals surface area contributed by atoms with Gasteiger partial charge in [-0.05, 0) is 44.7 Å². The quantitative estimate of drug-likeness (QED) is 0.781. The van der Waals surface area contributed by atoms with Gasteiger partial charge in [0.25, 0.3) is 5.91 Å². The van der Waals surface area contributed by atoms with Gasteiger partial charge in [0, 0.05) is 12.1 Å². The van der Waals surface area contributed by atoms with Crippen LogP contribution in [-0.2, 0) is 4.74 Å². The molecule has 1 saturated carbocycles. The lowest BCUT2D eigenvalue weighted by Crippen LogP contribution is -2.40. The van der Waals surface area contributed by atoms with Gasteiger partial charge < -0.3 is 15.0 Å². The SMILES string of the molecule is C=C1C(=N/C=C(\C)F)OC[C@@H](C)NC(=O)c2cnc3ccc(nn23)N2CC[C@H]3C[C@]132. The van der Waals surface area contributed by atoms with Crippen LogP contribution in [0.2, 0.25) is 0 Å². The monoisotopic (exact) mass is 410 g/mol. The van der Waals surface area contributed by atoms with E-state index in [0.717, 1.165) is 31.4 Å². The minimum atomic E-state index is -0.421. The summed E-state index contributed by atoms with van der Waals surface area (Å²) >= 11 is 0. The van der Waals surface area contributed by atoms with Crippen molar-refractivity contribution in [3.8, 4) is 0 Å². The number of allylic oxidation sites excluding steroid dienone is 1. The third kappa shape index (κ3) is 2.79. The van der Waals surface area contributed by atoms with E-state index < -0.39 is 5.83 Å². The van der Waals surface area contributed by atoms with Crippen molar-refractivity contribution in [2.45, 2.75) is 38.3 Å². The Morgan fingerprint density at radius 1 is 1.50 bits per heavy atom. The molecule has 1 N–H and O–H groups in total. The zero-order chi connectivity index (χ0) is 21.0. The number of nitrogens with zero attached hydrogens (tertiary/aromatic N) is 5. The van der Waals surface area contributed by atoms with Crippen molar-refractivity contribution < 1.29 is 13.9 Å². The molecule has 0 unspecified atom stereocenters. The third-order valence-electron chi connectivity index (χ3n) is 6.10. The molecule has 2 aromatic rings. The Morgan fingerprint density at radius 3 is 3.10 bits per heavy atom. The lowest BCUT2D eigenvalue weighted by atomic mass is 10.0. The lowest BCUT2D eigenvalue weighted by Gasteiger charge is -2.31. The van der Waals surface area contributed by atoms with Gasteiger partial charge in [0.2, 0.25) is 5.90 Å². The maximum Gasteiger partial charge on any atom is 0.271 e. The summed E-state index contributed by atoms with van der Waals surface area (Å²) in [6, 6.07) is 3.45. The van der Waals surface area contributed by atoms with E-state index in [1.807, 2.05) is 19.1 Å². The maximum absolute atomic E-state index is 13.4. The van der Waals surface area contributed by atoms with Crippen molar-refractivity contribution in [3.63, 3.8) is 0 Å². The molecule has 2 aliphatic heterocycles. The van der Waals surface area contributed by atoms with Crippen molar-refractivity contribution in [2.24, 2.45) is 10.9 Å². The van der Waals surface area contributed by atoms with Crippen molar-refractivity contribution in [1.82, 2.24) is 19.9 Å². The number of amides is 1. The number of rotatable bonds is 1. The highest BCUT2D eigenvalue weighted by molar-refractivity contribution is 5.98. The zero-order valence-electron chi connectivity index (χ0n) is 16.9. The summed E-state index contributed by atoms with van der Waals surface area (Å²) in [4.78, 5) is 23.5. The fourth-order valence-corrected chi connectivity index (χ4v) is 4.56. The van der Waals surface area contributed by atoms with E-state index in [-0.39, 0.29) is 24.1 Å². The maximum atomic E-state index is 13.4. The molecule has 4 heterocycles. The van der Waals surface area contributed by atoms with E-state index in [0.29, 0.717) is 28.7 Å². The molecular weight excluding hydrogens is 387 g/mol. The first-order chi connectivity index (χ1) is 14.4. The van der Waals surface area contributed by atoms with Gasteiger partial charge in [-0.25, -0.2) is 18.9 Å². The number of carbonyl (C=O) groups is 1. The second-order valence-corrected chi connectivity index (χ2v) is 8.18. The Kier molecular flexibility index (Phi) is 4.16. The summed E-state index contributed by atoms with van der Waals surface area (Å²) in [5.41, 5.74) is 1.33. The standard InChI is InChI=1S/C21H23FN6O2/c1-12(22)9-24-20-14(3)21-8-15(21)6-7-27(21)18-5-4-17-23-10-16(28(17)26-18)19(29)25-13(2)11-30-20/h4-5,9-10,13,15H,3,6-8,11H2,1-2H3,(H,25,29)/b12-9+,24-20?/t13-,15+,21+/m1/s1. The molecule has 156 valence electrons. The van der Waals surface area contributed by atoms with Crippen molar-refractivity contribution in [3.05, 3.63) is 48.2 Å². The Morgan fingerprint density at radius 2 is 2.33 bits per heavy atom. The van der Waals surface area contributed by atoms with Gasteiger partial charge in [-0.3, -0.25) is 4.79 Å². The van der Waals surface area contributed by atoms with Crippen molar-refractivity contribution >= 4 is 23.3 Å². The summed E-state index contributed by atoms with van der Waals surface area (Å²) in [7, 11) is 0. The van der Waals surface area contributed by atoms with Crippen molar-refractivity contribution in [1.29, 1.82) is 0 Å². The van der Waals surface area contributed by atoms with Gasteiger partial charge >= 0.3 is 0 Å². The number of aromatic nitrogens is 3. The average molecular weight is 410 g/mol. The molecule has 1 saturated heterocycles. The Labute approximate surface area is 173 Å². The van der Waals surface area contributed by atoms with Crippen LogP contribution in [0.25, 0.3) is 5.65 Å². The molecule has 0 aromatic carbocycles. The van der Waals surface area contributed by atoms with Crippen LogP contribution in [0, 0.1) is 5.92 Å². The molecule has 8 nitrogen and oxygen atoms in total. The predicted molar refractivity (Wildman–Crippen MR) is 110 cm³/mol. The summed E-state index contributed by atoms with van der Waals surface area (Å²) < 4.78 is 20.9. The van der Waals surface area contributed by atoms with E-state index in [2.05, 4.69) is 26.8 Å². The van der Waals surface area contributed by atoms with Gasteiger partial charge in [0.15, 0.2) is 11.3 Å².